The van der Waals surface area contributed by atoms with Gasteiger partial charge in [-0.3, -0.25) is 0 Å². The highest BCUT2D eigenvalue weighted by molar-refractivity contribution is 6.31. The third-order valence-corrected chi connectivity index (χ3v) is 2.71. The Kier molecular flexibility index (Phi) is 2.27. The fourth-order valence-corrected chi connectivity index (χ4v) is 2.10. The highest BCUT2D eigenvalue weighted by Gasteiger charge is 2.21. The van der Waals surface area contributed by atoms with Crippen LogP contribution in [0.3, 0.4) is 0 Å². The Morgan fingerprint density at radius 3 is 2.86 bits per heavy atom. The first-order valence-electron chi connectivity index (χ1n) is 4.49. The van der Waals surface area contributed by atoms with Gasteiger partial charge in [0.15, 0.2) is 0 Å². The summed E-state index contributed by atoms with van der Waals surface area (Å²) in [5.41, 5.74) is 2.42. The van der Waals surface area contributed by atoms with Crippen LogP contribution in [0.5, 0.6) is 0 Å². The van der Waals surface area contributed by atoms with Crippen LogP contribution in [0, 0.1) is 5.82 Å². The van der Waals surface area contributed by atoms with Crippen molar-refractivity contribution in [3.8, 4) is 0 Å². The molecule has 0 fully saturated rings. The smallest absolute Gasteiger partial charge is 0.144 e. The van der Waals surface area contributed by atoms with E-state index in [4.69, 9.17) is 11.6 Å². The highest BCUT2D eigenvalue weighted by Crippen LogP contribution is 2.39. The molecule has 1 aromatic carbocycles. The predicted molar refractivity (Wildman–Crippen MR) is 53.7 cm³/mol. The summed E-state index contributed by atoms with van der Waals surface area (Å²) in [4.78, 5) is 0. The summed E-state index contributed by atoms with van der Waals surface area (Å²) in [6, 6.07) is 1.35. The molecule has 0 atom stereocenters. The second-order valence-electron chi connectivity index (χ2n) is 3.64. The third kappa shape index (κ3) is 1.32. The third-order valence-electron chi connectivity index (χ3n) is 2.33. The molecule has 74 valence electrons. The lowest BCUT2D eigenvalue weighted by Gasteiger charge is -2.13. The van der Waals surface area contributed by atoms with Crippen molar-refractivity contribution in [3.05, 3.63) is 28.0 Å². The minimum atomic E-state index is -0.407. The SMILES string of the molecule is CC(C)c1c(Cl)c(F)cc2c1CN=N2. The Morgan fingerprint density at radius 2 is 2.21 bits per heavy atom. The molecule has 0 spiro atoms. The second-order valence-corrected chi connectivity index (χ2v) is 4.02. The van der Waals surface area contributed by atoms with Crippen LogP contribution >= 0.6 is 11.6 Å². The van der Waals surface area contributed by atoms with Crippen molar-refractivity contribution in [2.24, 2.45) is 10.2 Å². The van der Waals surface area contributed by atoms with Gasteiger partial charge < -0.3 is 0 Å². The molecule has 0 aromatic heterocycles. The van der Waals surface area contributed by atoms with E-state index in [0.29, 0.717) is 12.2 Å². The second kappa shape index (κ2) is 3.31. The molecule has 1 aliphatic rings. The molecule has 0 aliphatic carbocycles. The van der Waals surface area contributed by atoms with E-state index in [9.17, 15) is 4.39 Å². The molecule has 0 N–H and O–H groups in total. The summed E-state index contributed by atoms with van der Waals surface area (Å²) in [6.07, 6.45) is 0. The Balaban J connectivity index is 2.69. The molecule has 0 radical (unpaired) electrons. The summed E-state index contributed by atoms with van der Waals surface area (Å²) in [5, 5.41) is 7.96. The van der Waals surface area contributed by atoms with Crippen LogP contribution in [0.25, 0.3) is 0 Å². The van der Waals surface area contributed by atoms with Crippen LogP contribution in [0.15, 0.2) is 16.3 Å². The van der Waals surface area contributed by atoms with E-state index in [0.717, 1.165) is 11.1 Å². The Labute approximate surface area is 86.8 Å². The lowest BCUT2D eigenvalue weighted by molar-refractivity contribution is 0.623. The molecule has 0 saturated carbocycles. The van der Waals surface area contributed by atoms with Gasteiger partial charge in [0.05, 0.1) is 17.3 Å². The molecule has 4 heteroatoms. The van der Waals surface area contributed by atoms with E-state index >= 15 is 0 Å². The molecule has 0 amide bonds. The van der Waals surface area contributed by atoms with Crippen molar-refractivity contribution < 1.29 is 4.39 Å². The average molecular weight is 213 g/mol. The van der Waals surface area contributed by atoms with Crippen molar-refractivity contribution in [2.75, 3.05) is 0 Å². The first-order valence-corrected chi connectivity index (χ1v) is 4.87. The number of fused-ring (bicyclic) bond motifs is 1. The van der Waals surface area contributed by atoms with Crippen LogP contribution < -0.4 is 0 Å². The lowest BCUT2D eigenvalue weighted by Crippen LogP contribution is -1.97. The van der Waals surface area contributed by atoms with Gasteiger partial charge in [-0.15, -0.1) is 0 Å². The van der Waals surface area contributed by atoms with Gasteiger partial charge in [-0.1, -0.05) is 25.4 Å². The molecule has 1 aliphatic heterocycles. The van der Waals surface area contributed by atoms with Crippen LogP contribution in [0.2, 0.25) is 5.02 Å². The highest BCUT2D eigenvalue weighted by atomic mass is 35.5. The van der Waals surface area contributed by atoms with E-state index in [1.807, 2.05) is 13.8 Å². The van der Waals surface area contributed by atoms with E-state index in [2.05, 4.69) is 10.2 Å². The summed E-state index contributed by atoms with van der Waals surface area (Å²) >= 11 is 5.91. The molecule has 1 aromatic rings. The first kappa shape index (κ1) is 9.59. The van der Waals surface area contributed by atoms with Gasteiger partial charge in [0, 0.05) is 11.6 Å². The predicted octanol–water partition coefficient (Wildman–Crippen LogP) is 4.20. The lowest BCUT2D eigenvalue weighted by atomic mass is 9.96. The quantitative estimate of drug-likeness (QED) is 0.667. The molecule has 14 heavy (non-hydrogen) atoms. The van der Waals surface area contributed by atoms with Gasteiger partial charge in [-0.05, 0) is 11.5 Å². The molecule has 0 bridgehead atoms. The number of azo groups is 1. The maximum absolute atomic E-state index is 13.4. The Bertz CT molecular complexity index is 413. The Hall–Kier alpha value is -0.960. The summed E-state index contributed by atoms with van der Waals surface area (Å²) in [7, 11) is 0. The molecular weight excluding hydrogens is 203 g/mol. The van der Waals surface area contributed by atoms with Gasteiger partial charge in [-0.2, -0.15) is 10.2 Å². The van der Waals surface area contributed by atoms with Gasteiger partial charge >= 0.3 is 0 Å². The number of hydrogen-bond donors (Lipinski definition) is 0. The van der Waals surface area contributed by atoms with Gasteiger partial charge in [-0.25, -0.2) is 4.39 Å². The maximum atomic E-state index is 13.4. The molecular formula is C10H10ClFN2. The number of rotatable bonds is 1. The molecule has 0 saturated heterocycles. The van der Waals surface area contributed by atoms with E-state index < -0.39 is 5.82 Å². The van der Waals surface area contributed by atoms with Gasteiger partial charge in [0.1, 0.15) is 5.82 Å². The largest absolute Gasteiger partial charge is 0.205 e. The number of nitrogens with zero attached hydrogens (tertiary/aromatic N) is 2. The maximum Gasteiger partial charge on any atom is 0.144 e. The fourth-order valence-electron chi connectivity index (χ4n) is 1.71. The molecule has 2 rings (SSSR count). The van der Waals surface area contributed by atoms with Crippen molar-refractivity contribution in [1.29, 1.82) is 0 Å². The van der Waals surface area contributed by atoms with Crippen LogP contribution in [0.1, 0.15) is 30.9 Å². The number of benzene rings is 1. The van der Waals surface area contributed by atoms with Crippen molar-refractivity contribution in [2.45, 2.75) is 26.3 Å². The van der Waals surface area contributed by atoms with Crippen LogP contribution in [-0.2, 0) is 6.54 Å². The van der Waals surface area contributed by atoms with Gasteiger partial charge in [0.2, 0.25) is 0 Å². The monoisotopic (exact) mass is 212 g/mol. The summed E-state index contributed by atoms with van der Waals surface area (Å²) < 4.78 is 13.4. The van der Waals surface area contributed by atoms with Crippen LogP contribution in [-0.4, -0.2) is 0 Å². The van der Waals surface area contributed by atoms with E-state index in [1.165, 1.54) is 6.07 Å². The molecule has 2 nitrogen and oxygen atoms in total. The molecule has 1 heterocycles. The van der Waals surface area contributed by atoms with E-state index in [-0.39, 0.29) is 10.9 Å². The minimum absolute atomic E-state index is 0.190. The van der Waals surface area contributed by atoms with Crippen molar-refractivity contribution in [1.82, 2.24) is 0 Å². The Morgan fingerprint density at radius 1 is 1.50 bits per heavy atom. The van der Waals surface area contributed by atoms with Crippen molar-refractivity contribution >= 4 is 17.3 Å². The average Bonchev–Trinajstić information content (AvgIpc) is 2.52. The topological polar surface area (TPSA) is 24.7 Å². The zero-order valence-corrected chi connectivity index (χ0v) is 8.77. The number of hydrogen-bond acceptors (Lipinski definition) is 2. The fraction of sp³-hybridized carbons (Fsp3) is 0.400. The zero-order valence-electron chi connectivity index (χ0n) is 8.01. The van der Waals surface area contributed by atoms with Crippen molar-refractivity contribution in [3.63, 3.8) is 0 Å². The molecule has 0 unspecified atom stereocenters. The van der Waals surface area contributed by atoms with E-state index in [1.54, 1.807) is 0 Å². The first-order chi connectivity index (χ1) is 6.61. The standard InChI is InChI=1S/C10H10ClFN2/c1-5(2)9-6-4-13-14-8(6)3-7(12)10(9)11/h3,5H,4H2,1-2H3. The summed E-state index contributed by atoms with van der Waals surface area (Å²) in [5.74, 6) is -0.217. The van der Waals surface area contributed by atoms with Crippen LogP contribution in [0.4, 0.5) is 10.1 Å². The summed E-state index contributed by atoms with van der Waals surface area (Å²) in [6.45, 7) is 4.49. The normalized spacial score (nSPS) is 13.8. The zero-order chi connectivity index (χ0) is 10.3. The number of halogens is 2. The van der Waals surface area contributed by atoms with Gasteiger partial charge in [0.25, 0.3) is 0 Å². The minimum Gasteiger partial charge on any atom is -0.205 e.